The molecule has 0 bridgehead atoms. The molecule has 0 saturated carbocycles. The molecule has 2 N–H and O–H groups in total. The van der Waals surface area contributed by atoms with Crippen LogP contribution in [0.4, 0.5) is 11.6 Å². The number of nitrogen functional groups attached to an aromatic ring is 1. The van der Waals surface area contributed by atoms with Crippen LogP contribution in [-0.4, -0.2) is 113 Å². The minimum atomic E-state index is 0.320. The Morgan fingerprint density at radius 2 is 1.08 bits per heavy atom. The quantitative estimate of drug-likeness (QED) is 0.0992. The van der Waals surface area contributed by atoms with Crippen LogP contribution < -0.4 is 5.73 Å². The van der Waals surface area contributed by atoms with Crippen LogP contribution in [0.5, 0.6) is 0 Å². The van der Waals surface area contributed by atoms with Crippen molar-refractivity contribution in [3.8, 4) is 33.9 Å². The molecule has 72 heavy (non-hydrogen) atoms. The number of fused-ring (bicyclic) bond motifs is 2. The number of nitrogens with zero attached hydrogens (tertiary/aromatic N) is 20. The average Bonchev–Trinajstić information content (AvgIpc) is 4.25. The zero-order chi connectivity index (χ0) is 51.7. The van der Waals surface area contributed by atoms with E-state index in [4.69, 9.17) is 5.73 Å². The van der Waals surface area contributed by atoms with Crippen LogP contribution >= 0.6 is 0 Å². The van der Waals surface area contributed by atoms with Crippen molar-refractivity contribution >= 4 is 40.3 Å². The molecular weight excluding hydrogens is 907 g/mol. The maximum atomic E-state index is 5.64. The van der Waals surface area contributed by atoms with Gasteiger partial charge in [0.25, 0.3) is 0 Å². The van der Waals surface area contributed by atoms with Gasteiger partial charge < -0.3 is 24.3 Å². The van der Waals surface area contributed by atoms with E-state index in [-0.39, 0.29) is 0 Å². The molecule has 10 rings (SSSR count). The van der Waals surface area contributed by atoms with E-state index < -0.39 is 0 Å². The van der Waals surface area contributed by atoms with Gasteiger partial charge in [0.05, 0.1) is 36.7 Å². The zero-order valence-electron chi connectivity index (χ0n) is 43.1. The third-order valence-electron chi connectivity index (χ3n) is 10.5. The van der Waals surface area contributed by atoms with Crippen molar-refractivity contribution in [1.29, 1.82) is 0 Å². The highest BCUT2D eigenvalue weighted by Crippen LogP contribution is 2.23. The number of hydrogen-bond acceptors (Lipinski definition) is 15. The Morgan fingerprint density at radius 3 is 1.58 bits per heavy atom. The molecule has 374 valence electrons. The molecule has 0 aromatic carbocycles. The predicted molar refractivity (Wildman–Crippen MR) is 283 cm³/mol. The molecule has 10 aromatic rings. The van der Waals surface area contributed by atoms with Gasteiger partial charge in [-0.3, -0.25) is 19.6 Å². The number of rotatable bonds is 10. The molecule has 0 unspecified atom stereocenters. The van der Waals surface area contributed by atoms with E-state index in [1.54, 1.807) is 50.1 Å². The topological polar surface area (TPSA) is 234 Å². The van der Waals surface area contributed by atoms with Gasteiger partial charge in [-0.1, -0.05) is 0 Å². The standard InChI is InChI=1S/C11H16N6.2C11H13N3.C10H12N4.C8H11N5/c1-8(2)17-7-14-9-10(15-6-16(3)4)12-5-13-11(9)17;1-9(2)14-7-5-11(13-14)10-4-3-6-12-8-10;1-9(2)14-7-11(13-8-14)10-4-3-5-12-6-10;1-8(2)14-7-12-10(13-14)9-4-3-5-11-6-9;1-5(2)13-4-12-6-7(9)10-3-11-8(6)13/h5-8H,1-4H3;2*3-9H,1-2H3;3-8H,1-2H3;3-5H,1-2H3,(H2,9,10,11). The number of nitrogens with two attached hydrogens (primary N) is 1. The van der Waals surface area contributed by atoms with E-state index in [2.05, 4.69) is 144 Å². The first-order valence-electron chi connectivity index (χ1n) is 23.6. The minimum Gasteiger partial charge on any atom is -0.382 e. The van der Waals surface area contributed by atoms with Gasteiger partial charge in [-0.15, -0.1) is 0 Å². The molecule has 0 aliphatic rings. The number of aromatic nitrogens is 18. The van der Waals surface area contributed by atoms with Crippen molar-refractivity contribution in [1.82, 2.24) is 93.0 Å². The van der Waals surface area contributed by atoms with Crippen LogP contribution in [0.1, 0.15) is 99.4 Å². The molecule has 0 amide bonds. The summed E-state index contributed by atoms with van der Waals surface area (Å²) in [6.45, 7) is 20.9. The van der Waals surface area contributed by atoms with Gasteiger partial charge >= 0.3 is 0 Å². The van der Waals surface area contributed by atoms with Crippen LogP contribution in [0.2, 0.25) is 0 Å². The second-order valence-corrected chi connectivity index (χ2v) is 17.9. The molecule has 0 saturated heterocycles. The summed E-state index contributed by atoms with van der Waals surface area (Å²) < 4.78 is 9.84. The molecule has 10 aromatic heterocycles. The zero-order valence-corrected chi connectivity index (χ0v) is 43.1. The molecular formula is C51H65N21. The Bertz CT molecular complexity index is 2980. The summed E-state index contributed by atoms with van der Waals surface area (Å²) in [5.41, 5.74) is 13.7. The van der Waals surface area contributed by atoms with E-state index >= 15 is 0 Å². The molecule has 0 aliphatic heterocycles. The fourth-order valence-electron chi connectivity index (χ4n) is 6.46. The second kappa shape index (κ2) is 25.3. The summed E-state index contributed by atoms with van der Waals surface area (Å²) >= 11 is 0. The van der Waals surface area contributed by atoms with E-state index in [1.165, 1.54) is 12.7 Å². The number of hydrogen-bond donors (Lipinski definition) is 1. The van der Waals surface area contributed by atoms with Gasteiger partial charge in [0, 0.05) is 111 Å². The summed E-state index contributed by atoms with van der Waals surface area (Å²) in [6, 6.07) is 15.6. The Kier molecular flexibility index (Phi) is 18.5. The largest absolute Gasteiger partial charge is 0.382 e. The fraction of sp³-hybridized carbons (Fsp3) is 0.333. The lowest BCUT2D eigenvalue weighted by Crippen LogP contribution is -2.07. The Morgan fingerprint density at radius 1 is 0.528 bits per heavy atom. The lowest BCUT2D eigenvalue weighted by molar-refractivity contribution is 0.532. The summed E-state index contributed by atoms with van der Waals surface area (Å²) in [7, 11) is 3.82. The van der Waals surface area contributed by atoms with Crippen LogP contribution in [0.15, 0.2) is 135 Å². The van der Waals surface area contributed by atoms with Gasteiger partial charge in [0.1, 0.15) is 24.5 Å². The molecule has 0 fully saturated rings. The summed E-state index contributed by atoms with van der Waals surface area (Å²) in [4.78, 5) is 51.7. The van der Waals surface area contributed by atoms with Crippen molar-refractivity contribution in [2.75, 3.05) is 19.8 Å². The van der Waals surface area contributed by atoms with Gasteiger partial charge in [0.2, 0.25) is 0 Å². The molecule has 0 atom stereocenters. The molecule has 0 aliphatic carbocycles. The maximum absolute atomic E-state index is 5.64. The maximum Gasteiger partial charge on any atom is 0.184 e. The van der Waals surface area contributed by atoms with Crippen LogP contribution in [0.25, 0.3) is 56.2 Å². The number of aliphatic imine (C=N–C) groups is 1. The van der Waals surface area contributed by atoms with E-state index in [1.807, 2.05) is 111 Å². The smallest absolute Gasteiger partial charge is 0.184 e. The van der Waals surface area contributed by atoms with Crippen molar-refractivity contribution in [2.45, 2.75) is 99.4 Å². The number of pyridine rings is 3. The van der Waals surface area contributed by atoms with E-state index in [0.717, 1.165) is 50.7 Å². The lowest BCUT2D eigenvalue weighted by atomic mass is 10.2. The highest BCUT2D eigenvalue weighted by molar-refractivity contribution is 5.83. The molecule has 21 heteroatoms. The van der Waals surface area contributed by atoms with Crippen molar-refractivity contribution in [2.24, 2.45) is 4.99 Å². The third kappa shape index (κ3) is 14.2. The van der Waals surface area contributed by atoms with Crippen LogP contribution in [-0.2, 0) is 0 Å². The monoisotopic (exact) mass is 972 g/mol. The van der Waals surface area contributed by atoms with Gasteiger partial charge in [0.15, 0.2) is 34.3 Å². The van der Waals surface area contributed by atoms with Crippen molar-refractivity contribution < 1.29 is 0 Å². The van der Waals surface area contributed by atoms with Gasteiger partial charge in [-0.25, -0.2) is 49.5 Å². The first-order chi connectivity index (χ1) is 34.6. The number of imidazole rings is 3. The predicted octanol–water partition coefficient (Wildman–Crippen LogP) is 9.59. The van der Waals surface area contributed by atoms with Crippen molar-refractivity contribution in [3.05, 3.63) is 130 Å². The Balaban J connectivity index is 0.000000147. The molecule has 21 nitrogen and oxygen atoms in total. The third-order valence-corrected chi connectivity index (χ3v) is 10.5. The second-order valence-electron chi connectivity index (χ2n) is 17.9. The van der Waals surface area contributed by atoms with E-state index in [9.17, 15) is 0 Å². The SMILES string of the molecule is CC(C)n1ccc(-c2cccnc2)n1.CC(C)n1cnc(-c2cccnc2)c1.CC(C)n1cnc(-c2cccnc2)n1.CC(C)n1cnc2c(N)ncnc21.CC(C)n1cnc2c(N=CN(C)C)ncnc21. The lowest BCUT2D eigenvalue weighted by Gasteiger charge is -2.06. The Labute approximate surface area is 420 Å². The highest BCUT2D eigenvalue weighted by atomic mass is 15.3. The van der Waals surface area contributed by atoms with Crippen molar-refractivity contribution in [3.63, 3.8) is 0 Å². The molecule has 0 radical (unpaired) electrons. The first-order valence-corrected chi connectivity index (χ1v) is 23.6. The summed E-state index contributed by atoms with van der Waals surface area (Å²) in [5.74, 6) is 1.76. The van der Waals surface area contributed by atoms with Crippen LogP contribution in [0.3, 0.4) is 0 Å². The highest BCUT2D eigenvalue weighted by Gasteiger charge is 2.12. The Hall–Kier alpha value is -8.62. The normalized spacial score (nSPS) is 11.1. The number of anilines is 1. The molecule has 10 heterocycles. The minimum absolute atomic E-state index is 0.320. The molecule has 0 spiro atoms. The fourth-order valence-corrected chi connectivity index (χ4v) is 6.46. The summed E-state index contributed by atoms with van der Waals surface area (Å²) in [6.07, 6.45) is 26.5. The average molecular weight is 972 g/mol. The van der Waals surface area contributed by atoms with E-state index in [0.29, 0.717) is 47.4 Å². The first kappa shape index (κ1) is 52.7. The van der Waals surface area contributed by atoms with Crippen LogP contribution in [0, 0.1) is 0 Å². The van der Waals surface area contributed by atoms with Gasteiger partial charge in [-0.05, 0) is 112 Å². The van der Waals surface area contributed by atoms with Gasteiger partial charge in [-0.2, -0.15) is 10.2 Å². The summed E-state index contributed by atoms with van der Waals surface area (Å²) in [5, 5.41) is 8.80.